The molecule has 1 aromatic carbocycles. The van der Waals surface area contributed by atoms with Crippen LogP contribution >= 0.6 is 11.6 Å². The van der Waals surface area contributed by atoms with Crippen LogP contribution < -0.4 is 0 Å². The molecule has 5 heteroatoms. The van der Waals surface area contributed by atoms with Crippen molar-refractivity contribution in [2.24, 2.45) is 0 Å². The maximum atomic E-state index is 12.8. The summed E-state index contributed by atoms with van der Waals surface area (Å²) in [6, 6.07) is 12.2. The van der Waals surface area contributed by atoms with Crippen LogP contribution in [0.25, 0.3) is 16.6 Å². The topological polar surface area (TPSA) is 4.41 Å². The lowest BCUT2D eigenvalue weighted by molar-refractivity contribution is -0.137. The molecule has 0 atom stereocenters. The Bertz CT molecular complexity index is 760. The Morgan fingerprint density at radius 3 is 2.25 bits per heavy atom. The van der Waals surface area contributed by atoms with Crippen LogP contribution in [0.2, 0.25) is 5.02 Å². The van der Waals surface area contributed by atoms with Crippen LogP contribution in [-0.4, -0.2) is 4.40 Å². The fourth-order valence-electron chi connectivity index (χ4n) is 2.12. The van der Waals surface area contributed by atoms with E-state index in [-0.39, 0.29) is 5.02 Å². The number of benzene rings is 1. The lowest BCUT2D eigenvalue weighted by Gasteiger charge is -2.08. The number of aromatic nitrogens is 1. The van der Waals surface area contributed by atoms with E-state index >= 15 is 0 Å². The van der Waals surface area contributed by atoms with E-state index in [2.05, 4.69) is 0 Å². The molecule has 0 unspecified atom stereocenters. The molecule has 0 amide bonds. The van der Waals surface area contributed by atoms with Gasteiger partial charge in [-0.05, 0) is 17.7 Å². The summed E-state index contributed by atoms with van der Waals surface area (Å²) >= 11 is 5.95. The second kappa shape index (κ2) is 4.56. The van der Waals surface area contributed by atoms with E-state index in [1.54, 1.807) is 12.3 Å². The van der Waals surface area contributed by atoms with Crippen molar-refractivity contribution in [3.05, 3.63) is 65.4 Å². The molecule has 0 spiro atoms. The molecular formula is C15H9ClF3N. The Kier molecular flexibility index (Phi) is 2.98. The van der Waals surface area contributed by atoms with Gasteiger partial charge >= 0.3 is 6.18 Å². The number of pyridine rings is 1. The number of hydrogen-bond acceptors (Lipinski definition) is 0. The molecule has 0 aliphatic carbocycles. The lowest BCUT2D eigenvalue weighted by Crippen LogP contribution is -2.06. The standard InChI is InChI=1S/C15H9ClF3N/c16-13-7-12(15(17,18)19)9-20-8-11(6-14(13)20)10-4-2-1-3-5-10/h1-9H. The summed E-state index contributed by atoms with van der Waals surface area (Å²) in [5.74, 6) is 0. The fraction of sp³-hybridized carbons (Fsp3) is 0.0667. The maximum absolute atomic E-state index is 12.8. The van der Waals surface area contributed by atoms with Gasteiger partial charge in [0.05, 0.1) is 16.1 Å². The monoisotopic (exact) mass is 295 g/mol. The van der Waals surface area contributed by atoms with Gasteiger partial charge in [-0.3, -0.25) is 0 Å². The molecule has 0 saturated carbocycles. The first-order valence-electron chi connectivity index (χ1n) is 5.89. The summed E-state index contributed by atoms with van der Waals surface area (Å²) in [5, 5.41) is 0.0852. The van der Waals surface area contributed by atoms with Crippen molar-refractivity contribution in [3.63, 3.8) is 0 Å². The van der Waals surface area contributed by atoms with Gasteiger partial charge in [-0.25, -0.2) is 0 Å². The van der Waals surface area contributed by atoms with Crippen molar-refractivity contribution in [2.75, 3.05) is 0 Å². The molecule has 3 aromatic rings. The van der Waals surface area contributed by atoms with Crippen molar-refractivity contribution in [1.82, 2.24) is 4.40 Å². The van der Waals surface area contributed by atoms with Gasteiger partial charge in [-0.1, -0.05) is 41.9 Å². The highest BCUT2D eigenvalue weighted by Crippen LogP contribution is 2.34. The van der Waals surface area contributed by atoms with Crippen molar-refractivity contribution >= 4 is 17.1 Å². The van der Waals surface area contributed by atoms with E-state index < -0.39 is 11.7 Å². The molecule has 3 rings (SSSR count). The van der Waals surface area contributed by atoms with Gasteiger partial charge in [-0.2, -0.15) is 13.2 Å². The molecule has 1 nitrogen and oxygen atoms in total. The highest BCUT2D eigenvalue weighted by atomic mass is 35.5. The average Bonchev–Trinajstić information content (AvgIpc) is 2.83. The average molecular weight is 296 g/mol. The molecule has 20 heavy (non-hydrogen) atoms. The maximum Gasteiger partial charge on any atom is 0.417 e. The Morgan fingerprint density at radius 1 is 0.900 bits per heavy atom. The van der Waals surface area contributed by atoms with Gasteiger partial charge < -0.3 is 4.40 Å². The van der Waals surface area contributed by atoms with Gasteiger partial charge in [0, 0.05) is 18.0 Å². The van der Waals surface area contributed by atoms with E-state index in [1.165, 1.54) is 4.40 Å². The second-order valence-corrected chi connectivity index (χ2v) is 4.87. The molecule has 2 heterocycles. The van der Waals surface area contributed by atoms with Crippen molar-refractivity contribution in [1.29, 1.82) is 0 Å². The Hall–Kier alpha value is -1.94. The van der Waals surface area contributed by atoms with Gasteiger partial charge in [0.15, 0.2) is 0 Å². The number of hydrogen-bond donors (Lipinski definition) is 0. The van der Waals surface area contributed by atoms with E-state index in [9.17, 15) is 13.2 Å². The first-order valence-corrected chi connectivity index (χ1v) is 6.27. The molecule has 0 fully saturated rings. The van der Waals surface area contributed by atoms with Crippen LogP contribution in [-0.2, 0) is 6.18 Å². The summed E-state index contributed by atoms with van der Waals surface area (Å²) in [7, 11) is 0. The third-order valence-electron chi connectivity index (χ3n) is 3.09. The largest absolute Gasteiger partial charge is 0.417 e. The van der Waals surface area contributed by atoms with Crippen LogP contribution in [0.1, 0.15) is 5.56 Å². The normalized spacial score (nSPS) is 12.0. The summed E-state index contributed by atoms with van der Waals surface area (Å²) < 4.78 is 39.7. The van der Waals surface area contributed by atoms with Gasteiger partial charge in [0.2, 0.25) is 0 Å². The third-order valence-corrected chi connectivity index (χ3v) is 3.39. The summed E-state index contributed by atoms with van der Waals surface area (Å²) in [4.78, 5) is 0. The quantitative estimate of drug-likeness (QED) is 0.575. The second-order valence-electron chi connectivity index (χ2n) is 4.46. The fourth-order valence-corrected chi connectivity index (χ4v) is 2.39. The molecule has 0 aliphatic rings. The molecule has 0 saturated heterocycles. The molecule has 2 aromatic heterocycles. The zero-order valence-corrected chi connectivity index (χ0v) is 10.9. The van der Waals surface area contributed by atoms with Crippen LogP contribution in [0, 0.1) is 0 Å². The minimum atomic E-state index is -4.41. The van der Waals surface area contributed by atoms with Crippen LogP contribution in [0.5, 0.6) is 0 Å². The Morgan fingerprint density at radius 2 is 1.60 bits per heavy atom. The molecule has 0 bridgehead atoms. The molecular weight excluding hydrogens is 287 g/mol. The smallest absolute Gasteiger partial charge is 0.321 e. The highest BCUT2D eigenvalue weighted by molar-refractivity contribution is 6.34. The summed E-state index contributed by atoms with van der Waals surface area (Å²) in [6.45, 7) is 0. The molecule has 0 radical (unpaired) electrons. The molecule has 0 aliphatic heterocycles. The predicted molar refractivity (Wildman–Crippen MR) is 72.8 cm³/mol. The minimum Gasteiger partial charge on any atom is -0.321 e. The van der Waals surface area contributed by atoms with E-state index in [0.717, 1.165) is 23.4 Å². The van der Waals surface area contributed by atoms with Crippen LogP contribution in [0.4, 0.5) is 13.2 Å². The zero-order chi connectivity index (χ0) is 14.3. The van der Waals surface area contributed by atoms with E-state index in [4.69, 9.17) is 11.6 Å². The summed E-state index contributed by atoms with van der Waals surface area (Å²) in [6.07, 6.45) is -1.71. The van der Waals surface area contributed by atoms with Crippen molar-refractivity contribution in [3.8, 4) is 11.1 Å². The van der Waals surface area contributed by atoms with Gasteiger partial charge in [0.25, 0.3) is 0 Å². The summed E-state index contributed by atoms with van der Waals surface area (Å²) in [5.41, 5.74) is 1.55. The van der Waals surface area contributed by atoms with Crippen molar-refractivity contribution < 1.29 is 13.2 Å². The van der Waals surface area contributed by atoms with Crippen molar-refractivity contribution in [2.45, 2.75) is 6.18 Å². The van der Waals surface area contributed by atoms with E-state index in [1.807, 2.05) is 30.3 Å². The van der Waals surface area contributed by atoms with Crippen LogP contribution in [0.15, 0.2) is 54.9 Å². The number of halogens is 4. The third kappa shape index (κ3) is 2.27. The molecule has 0 N–H and O–H groups in total. The first-order chi connectivity index (χ1) is 9.45. The molecule has 102 valence electrons. The highest BCUT2D eigenvalue weighted by Gasteiger charge is 2.31. The predicted octanol–water partition coefficient (Wildman–Crippen LogP) is 5.28. The SMILES string of the molecule is FC(F)(F)c1cc(Cl)c2cc(-c3ccccc3)cn2c1. The van der Waals surface area contributed by atoms with Gasteiger partial charge in [0.1, 0.15) is 0 Å². The lowest BCUT2D eigenvalue weighted by atomic mass is 10.1. The van der Waals surface area contributed by atoms with Crippen LogP contribution in [0.3, 0.4) is 0 Å². The van der Waals surface area contributed by atoms with E-state index in [0.29, 0.717) is 5.52 Å². The minimum absolute atomic E-state index is 0.0852. The first kappa shape index (κ1) is 13.1. The Labute approximate surface area is 118 Å². The number of alkyl halides is 3. The zero-order valence-electron chi connectivity index (χ0n) is 10.2. The number of rotatable bonds is 1. The van der Waals surface area contributed by atoms with Gasteiger partial charge in [-0.15, -0.1) is 0 Å². The number of fused-ring (bicyclic) bond motifs is 1. The Balaban J connectivity index is 2.19. The number of nitrogens with zero attached hydrogens (tertiary/aromatic N) is 1.